The van der Waals surface area contributed by atoms with E-state index in [-0.39, 0.29) is 11.2 Å². The summed E-state index contributed by atoms with van der Waals surface area (Å²) in [5, 5.41) is 3.31. The first kappa shape index (κ1) is 14.5. The Bertz CT molecular complexity index is 601. The van der Waals surface area contributed by atoms with Gasteiger partial charge in [0.25, 0.3) is 0 Å². The Morgan fingerprint density at radius 2 is 1.95 bits per heavy atom. The number of benzene rings is 1. The number of hydrogen-bond donors (Lipinski definition) is 1. The lowest BCUT2D eigenvalue weighted by Gasteiger charge is -2.13. The number of nitrogens with zero attached hydrogens (tertiary/aromatic N) is 2. The van der Waals surface area contributed by atoms with Gasteiger partial charge in [-0.05, 0) is 44.0 Å². The van der Waals surface area contributed by atoms with Crippen molar-refractivity contribution in [3.8, 4) is 0 Å². The zero-order valence-corrected chi connectivity index (χ0v) is 12.6. The highest BCUT2D eigenvalue weighted by molar-refractivity contribution is 8.00. The maximum atomic E-state index is 12.2. The summed E-state index contributed by atoms with van der Waals surface area (Å²) in [5.74, 6) is -0.0452. The minimum Gasteiger partial charge on any atom is -0.325 e. The third-order valence-corrected chi connectivity index (χ3v) is 3.83. The number of aryl methyl sites for hydroxylation is 2. The molecule has 2 aromatic rings. The van der Waals surface area contributed by atoms with Crippen molar-refractivity contribution < 1.29 is 4.79 Å². The topological polar surface area (TPSA) is 54.9 Å². The molecule has 0 radical (unpaired) electrons. The van der Waals surface area contributed by atoms with E-state index < -0.39 is 0 Å². The van der Waals surface area contributed by atoms with E-state index in [4.69, 9.17) is 0 Å². The monoisotopic (exact) mass is 287 g/mol. The van der Waals surface area contributed by atoms with Gasteiger partial charge in [-0.2, -0.15) is 0 Å². The van der Waals surface area contributed by atoms with Crippen LogP contribution in [0.5, 0.6) is 0 Å². The van der Waals surface area contributed by atoms with Crippen molar-refractivity contribution in [1.29, 1.82) is 0 Å². The summed E-state index contributed by atoms with van der Waals surface area (Å²) in [6.07, 6.45) is 3.34. The summed E-state index contributed by atoms with van der Waals surface area (Å²) in [6, 6.07) is 7.76. The molecule has 0 saturated heterocycles. The molecule has 20 heavy (non-hydrogen) atoms. The van der Waals surface area contributed by atoms with Crippen LogP contribution in [0.4, 0.5) is 5.69 Å². The molecule has 0 spiro atoms. The zero-order chi connectivity index (χ0) is 14.5. The average Bonchev–Trinajstić information content (AvgIpc) is 2.44. The molecule has 1 atom stereocenters. The second kappa shape index (κ2) is 6.52. The Labute approximate surface area is 123 Å². The molecular formula is C15H17N3OS. The molecule has 5 heteroatoms. The summed E-state index contributed by atoms with van der Waals surface area (Å²) < 4.78 is 0. The van der Waals surface area contributed by atoms with E-state index >= 15 is 0 Å². The number of carbonyl (C=O) groups is 1. The van der Waals surface area contributed by atoms with Crippen LogP contribution in [0.1, 0.15) is 18.1 Å². The Morgan fingerprint density at radius 3 is 2.65 bits per heavy atom. The fraction of sp³-hybridized carbons (Fsp3) is 0.267. The van der Waals surface area contributed by atoms with Gasteiger partial charge in [-0.25, -0.2) is 9.97 Å². The third-order valence-electron chi connectivity index (χ3n) is 2.84. The van der Waals surface area contributed by atoms with E-state index in [1.54, 1.807) is 18.5 Å². The zero-order valence-electron chi connectivity index (χ0n) is 11.8. The van der Waals surface area contributed by atoms with Crippen LogP contribution in [0.15, 0.2) is 41.8 Å². The van der Waals surface area contributed by atoms with Crippen molar-refractivity contribution in [3.05, 3.63) is 47.8 Å². The number of hydrogen-bond acceptors (Lipinski definition) is 4. The van der Waals surface area contributed by atoms with Gasteiger partial charge in [-0.1, -0.05) is 23.9 Å². The van der Waals surface area contributed by atoms with Gasteiger partial charge in [0, 0.05) is 18.1 Å². The molecule has 0 aliphatic heterocycles. The number of anilines is 1. The lowest BCUT2D eigenvalue weighted by Crippen LogP contribution is -2.23. The maximum absolute atomic E-state index is 12.2. The van der Waals surface area contributed by atoms with E-state index in [2.05, 4.69) is 15.3 Å². The van der Waals surface area contributed by atoms with Crippen molar-refractivity contribution in [2.45, 2.75) is 31.2 Å². The SMILES string of the molecule is Cc1ccc(C)c(NC(=O)C(C)Sc2ncccn2)c1. The molecule has 1 heterocycles. The summed E-state index contributed by atoms with van der Waals surface area (Å²) in [7, 11) is 0. The van der Waals surface area contributed by atoms with E-state index in [1.807, 2.05) is 39.0 Å². The highest BCUT2D eigenvalue weighted by Gasteiger charge is 2.16. The van der Waals surface area contributed by atoms with Crippen LogP contribution < -0.4 is 5.32 Å². The first-order valence-corrected chi connectivity index (χ1v) is 7.26. The van der Waals surface area contributed by atoms with Crippen LogP contribution in [0.2, 0.25) is 0 Å². The van der Waals surface area contributed by atoms with Crippen LogP contribution >= 0.6 is 11.8 Å². The van der Waals surface area contributed by atoms with Crippen molar-refractivity contribution in [1.82, 2.24) is 9.97 Å². The minimum absolute atomic E-state index is 0.0452. The molecule has 104 valence electrons. The number of carbonyl (C=O) groups excluding carboxylic acids is 1. The number of aromatic nitrogens is 2. The molecule has 1 unspecified atom stereocenters. The maximum Gasteiger partial charge on any atom is 0.237 e. The van der Waals surface area contributed by atoms with Crippen molar-refractivity contribution in [3.63, 3.8) is 0 Å². The highest BCUT2D eigenvalue weighted by atomic mass is 32.2. The van der Waals surface area contributed by atoms with Gasteiger partial charge < -0.3 is 5.32 Å². The Morgan fingerprint density at radius 1 is 1.25 bits per heavy atom. The second-order valence-corrected chi connectivity index (χ2v) is 5.91. The molecule has 0 fully saturated rings. The number of thioether (sulfide) groups is 1. The van der Waals surface area contributed by atoms with Gasteiger partial charge in [0.15, 0.2) is 5.16 Å². The molecule has 0 aliphatic carbocycles. The quantitative estimate of drug-likeness (QED) is 0.693. The van der Waals surface area contributed by atoms with E-state index in [0.29, 0.717) is 5.16 Å². The van der Waals surface area contributed by atoms with Gasteiger partial charge in [-0.15, -0.1) is 0 Å². The normalized spacial score (nSPS) is 11.9. The van der Waals surface area contributed by atoms with Crippen LogP contribution in [0.25, 0.3) is 0 Å². The molecular weight excluding hydrogens is 270 g/mol. The second-order valence-electron chi connectivity index (χ2n) is 4.60. The Balaban J connectivity index is 2.02. The molecule has 2 rings (SSSR count). The van der Waals surface area contributed by atoms with E-state index in [0.717, 1.165) is 16.8 Å². The predicted molar refractivity (Wildman–Crippen MR) is 81.9 cm³/mol. The first-order valence-electron chi connectivity index (χ1n) is 6.38. The number of rotatable bonds is 4. The molecule has 1 N–H and O–H groups in total. The first-order chi connectivity index (χ1) is 9.56. The van der Waals surface area contributed by atoms with Crippen molar-refractivity contribution in [2.24, 2.45) is 0 Å². The summed E-state index contributed by atoms with van der Waals surface area (Å²) in [5.41, 5.74) is 3.03. The molecule has 1 aromatic heterocycles. The predicted octanol–water partition coefficient (Wildman–Crippen LogP) is 3.21. The van der Waals surface area contributed by atoms with Gasteiger partial charge >= 0.3 is 0 Å². The summed E-state index contributed by atoms with van der Waals surface area (Å²) in [4.78, 5) is 20.4. The summed E-state index contributed by atoms with van der Waals surface area (Å²) in [6.45, 7) is 5.83. The van der Waals surface area contributed by atoms with Crippen LogP contribution in [0.3, 0.4) is 0 Å². The lowest BCUT2D eigenvalue weighted by molar-refractivity contribution is -0.115. The number of amides is 1. The van der Waals surface area contributed by atoms with E-state index in [1.165, 1.54) is 11.8 Å². The fourth-order valence-electron chi connectivity index (χ4n) is 1.66. The van der Waals surface area contributed by atoms with Crippen LogP contribution in [-0.2, 0) is 4.79 Å². The fourth-order valence-corrected chi connectivity index (χ4v) is 2.39. The molecule has 0 aliphatic rings. The van der Waals surface area contributed by atoms with Gasteiger partial charge in [-0.3, -0.25) is 4.79 Å². The average molecular weight is 287 g/mol. The molecule has 4 nitrogen and oxygen atoms in total. The van der Waals surface area contributed by atoms with Gasteiger partial charge in [0.1, 0.15) is 0 Å². The van der Waals surface area contributed by atoms with Crippen LogP contribution in [-0.4, -0.2) is 21.1 Å². The molecule has 0 bridgehead atoms. The standard InChI is InChI=1S/C15H17N3OS/c1-10-5-6-11(2)13(9-10)18-14(19)12(3)20-15-16-7-4-8-17-15/h4-9,12H,1-3H3,(H,18,19). The largest absolute Gasteiger partial charge is 0.325 e. The molecule has 1 amide bonds. The Hall–Kier alpha value is -1.88. The summed E-state index contributed by atoms with van der Waals surface area (Å²) >= 11 is 1.35. The third kappa shape index (κ3) is 3.81. The smallest absolute Gasteiger partial charge is 0.237 e. The number of nitrogens with one attached hydrogen (secondary N) is 1. The van der Waals surface area contributed by atoms with Crippen LogP contribution in [0, 0.1) is 13.8 Å². The Kier molecular flexibility index (Phi) is 4.74. The van der Waals surface area contributed by atoms with Gasteiger partial charge in [0.05, 0.1) is 5.25 Å². The molecule has 1 aromatic carbocycles. The van der Waals surface area contributed by atoms with Gasteiger partial charge in [0.2, 0.25) is 5.91 Å². The highest BCUT2D eigenvalue weighted by Crippen LogP contribution is 2.22. The van der Waals surface area contributed by atoms with Crippen molar-refractivity contribution in [2.75, 3.05) is 5.32 Å². The molecule has 0 saturated carbocycles. The minimum atomic E-state index is -0.252. The van der Waals surface area contributed by atoms with Crippen molar-refractivity contribution >= 4 is 23.4 Å². The van der Waals surface area contributed by atoms with E-state index in [9.17, 15) is 4.79 Å². The lowest BCUT2D eigenvalue weighted by atomic mass is 10.1.